The van der Waals surface area contributed by atoms with Crippen molar-refractivity contribution in [2.24, 2.45) is 0 Å². The highest BCUT2D eigenvalue weighted by atomic mass is 32.2. The summed E-state index contributed by atoms with van der Waals surface area (Å²) in [7, 11) is -2.31. The summed E-state index contributed by atoms with van der Waals surface area (Å²) in [5.41, 5.74) is 0.630. The van der Waals surface area contributed by atoms with Gasteiger partial charge >= 0.3 is 0 Å². The van der Waals surface area contributed by atoms with Gasteiger partial charge in [-0.15, -0.1) is 0 Å². The predicted molar refractivity (Wildman–Crippen MR) is 129 cm³/mol. The molecule has 32 heavy (non-hydrogen) atoms. The molecule has 1 atom stereocenters. The second-order valence-corrected chi connectivity index (χ2v) is 10.5. The van der Waals surface area contributed by atoms with E-state index in [1.165, 1.54) is 31.0 Å². The Morgan fingerprint density at radius 2 is 2.00 bits per heavy atom. The average molecular weight is 488 g/mol. The second-order valence-electron chi connectivity index (χ2n) is 7.18. The molecule has 4 rings (SSSR count). The minimum Gasteiger partial charge on any atom is -0.497 e. The van der Waals surface area contributed by atoms with Gasteiger partial charge in [-0.2, -0.15) is 0 Å². The summed E-state index contributed by atoms with van der Waals surface area (Å²) >= 11 is 6.87. The summed E-state index contributed by atoms with van der Waals surface area (Å²) in [5, 5.41) is 11.5. The van der Waals surface area contributed by atoms with Crippen LogP contribution in [0, 0.1) is 0 Å². The van der Waals surface area contributed by atoms with E-state index in [1.807, 2.05) is 12.1 Å². The predicted octanol–water partition coefficient (Wildman–Crippen LogP) is 3.57. The van der Waals surface area contributed by atoms with E-state index in [0.717, 1.165) is 5.56 Å². The molecular formula is C22H21N3O4S3. The maximum Gasteiger partial charge on any atom is 0.262 e. The summed E-state index contributed by atoms with van der Waals surface area (Å²) in [4.78, 5) is 5.98. The van der Waals surface area contributed by atoms with Crippen LogP contribution in [-0.4, -0.2) is 40.6 Å². The molecule has 1 aromatic heterocycles. The summed E-state index contributed by atoms with van der Waals surface area (Å²) in [5.74, 6) is 0.829. The van der Waals surface area contributed by atoms with Crippen LogP contribution in [0.25, 0.3) is 0 Å². The SMILES string of the molecule is COc1cccc(S(=O)(=O)Nc2ccc(C3(O)CSC(=S)N3Cc3cccnc3)cc2)c1. The third-order valence-electron chi connectivity index (χ3n) is 5.08. The van der Waals surface area contributed by atoms with Crippen LogP contribution in [-0.2, 0) is 22.3 Å². The number of methoxy groups -OCH3 is 1. The molecule has 0 radical (unpaired) electrons. The molecular weight excluding hydrogens is 466 g/mol. The fourth-order valence-corrected chi connectivity index (χ4v) is 5.87. The first-order chi connectivity index (χ1) is 15.3. The Morgan fingerprint density at radius 3 is 2.69 bits per heavy atom. The standard InChI is InChI=1S/C22H21N3O4S3/c1-29-19-5-2-6-20(12-19)32(27,28)24-18-9-7-17(8-10-18)22(26)15-31-21(30)25(22)14-16-4-3-11-23-13-16/h2-13,24,26H,14-15H2,1H3. The molecule has 2 aromatic carbocycles. The van der Waals surface area contributed by atoms with Crippen molar-refractivity contribution < 1.29 is 18.3 Å². The van der Waals surface area contributed by atoms with Gasteiger partial charge in [-0.3, -0.25) is 9.71 Å². The highest BCUT2D eigenvalue weighted by molar-refractivity contribution is 8.23. The van der Waals surface area contributed by atoms with Gasteiger partial charge in [0.2, 0.25) is 0 Å². The lowest BCUT2D eigenvalue weighted by atomic mass is 10.0. The topological polar surface area (TPSA) is 91.8 Å². The third-order valence-corrected chi connectivity index (χ3v) is 8.05. The van der Waals surface area contributed by atoms with Crippen molar-refractivity contribution in [2.75, 3.05) is 17.6 Å². The first-order valence-electron chi connectivity index (χ1n) is 9.65. The van der Waals surface area contributed by atoms with E-state index in [9.17, 15) is 13.5 Å². The molecule has 0 aliphatic carbocycles. The zero-order chi connectivity index (χ0) is 22.8. The number of aromatic nitrogens is 1. The van der Waals surface area contributed by atoms with Crippen LogP contribution in [0.4, 0.5) is 5.69 Å². The van der Waals surface area contributed by atoms with Gasteiger partial charge in [0.25, 0.3) is 10.0 Å². The maximum absolute atomic E-state index is 12.7. The molecule has 10 heteroatoms. The van der Waals surface area contributed by atoms with Gasteiger partial charge in [-0.25, -0.2) is 8.42 Å². The Balaban J connectivity index is 1.55. The highest BCUT2D eigenvalue weighted by Gasteiger charge is 2.44. The number of anilines is 1. The van der Waals surface area contributed by atoms with Gasteiger partial charge in [-0.05, 0) is 35.9 Å². The molecule has 2 heterocycles. The number of hydrogen-bond acceptors (Lipinski definition) is 7. The Hall–Kier alpha value is -2.66. The Kier molecular flexibility index (Phi) is 6.38. The monoisotopic (exact) mass is 487 g/mol. The number of hydrogen-bond donors (Lipinski definition) is 2. The molecule has 0 spiro atoms. The number of thiocarbonyl (C=S) groups is 1. The van der Waals surface area contributed by atoms with Crippen LogP contribution >= 0.6 is 24.0 Å². The van der Waals surface area contributed by atoms with E-state index in [0.29, 0.717) is 33.6 Å². The van der Waals surface area contributed by atoms with Gasteiger partial charge in [0.1, 0.15) is 10.1 Å². The van der Waals surface area contributed by atoms with Crippen molar-refractivity contribution in [3.8, 4) is 5.75 Å². The Bertz CT molecular complexity index is 1220. The number of nitrogens with one attached hydrogen (secondary N) is 1. The molecule has 2 N–H and O–H groups in total. The highest BCUT2D eigenvalue weighted by Crippen LogP contribution is 2.40. The van der Waals surface area contributed by atoms with Crippen molar-refractivity contribution in [3.05, 3.63) is 84.2 Å². The van der Waals surface area contributed by atoms with Gasteiger partial charge in [0, 0.05) is 36.3 Å². The van der Waals surface area contributed by atoms with Crippen LogP contribution in [0.5, 0.6) is 5.75 Å². The summed E-state index contributed by atoms with van der Waals surface area (Å²) in [6.45, 7) is 0.417. The summed E-state index contributed by atoms with van der Waals surface area (Å²) < 4.78 is 33.7. The quantitative estimate of drug-likeness (QED) is 0.489. The smallest absolute Gasteiger partial charge is 0.262 e. The van der Waals surface area contributed by atoms with E-state index in [1.54, 1.807) is 53.7 Å². The molecule has 1 unspecified atom stereocenters. The minimum atomic E-state index is -3.79. The molecule has 0 saturated carbocycles. The van der Waals surface area contributed by atoms with Gasteiger partial charge in [-0.1, -0.05) is 48.2 Å². The van der Waals surface area contributed by atoms with E-state index < -0.39 is 15.7 Å². The van der Waals surface area contributed by atoms with Crippen molar-refractivity contribution >= 4 is 44.0 Å². The third kappa shape index (κ3) is 4.58. The fourth-order valence-electron chi connectivity index (χ4n) is 3.37. The molecule has 7 nitrogen and oxygen atoms in total. The van der Waals surface area contributed by atoms with Crippen LogP contribution in [0.2, 0.25) is 0 Å². The lowest BCUT2D eigenvalue weighted by Gasteiger charge is -2.34. The van der Waals surface area contributed by atoms with Crippen LogP contribution < -0.4 is 9.46 Å². The Morgan fingerprint density at radius 1 is 1.22 bits per heavy atom. The van der Waals surface area contributed by atoms with Crippen molar-refractivity contribution in [1.29, 1.82) is 0 Å². The number of benzene rings is 2. The molecule has 3 aromatic rings. The largest absolute Gasteiger partial charge is 0.497 e. The molecule has 1 fully saturated rings. The van der Waals surface area contributed by atoms with Crippen molar-refractivity contribution in [2.45, 2.75) is 17.2 Å². The first kappa shape index (κ1) is 22.5. The molecule has 166 valence electrons. The van der Waals surface area contributed by atoms with Crippen LogP contribution in [0.3, 0.4) is 0 Å². The number of thioether (sulfide) groups is 1. The van der Waals surface area contributed by atoms with E-state index in [4.69, 9.17) is 17.0 Å². The second kappa shape index (κ2) is 9.07. The average Bonchev–Trinajstić information content (AvgIpc) is 3.09. The molecule has 1 saturated heterocycles. The van der Waals surface area contributed by atoms with Crippen molar-refractivity contribution in [1.82, 2.24) is 9.88 Å². The summed E-state index contributed by atoms with van der Waals surface area (Å²) in [6.07, 6.45) is 3.43. The normalized spacial score (nSPS) is 18.6. The molecule has 1 aliphatic heterocycles. The van der Waals surface area contributed by atoms with Gasteiger partial charge in [0.05, 0.1) is 17.8 Å². The zero-order valence-corrected chi connectivity index (χ0v) is 19.6. The van der Waals surface area contributed by atoms with Gasteiger partial charge < -0.3 is 14.7 Å². The van der Waals surface area contributed by atoms with E-state index >= 15 is 0 Å². The lowest BCUT2D eigenvalue weighted by Crippen LogP contribution is -2.44. The van der Waals surface area contributed by atoms with E-state index in [-0.39, 0.29) is 4.90 Å². The van der Waals surface area contributed by atoms with Crippen LogP contribution in [0.1, 0.15) is 11.1 Å². The van der Waals surface area contributed by atoms with Gasteiger partial charge in [0.15, 0.2) is 5.72 Å². The minimum absolute atomic E-state index is 0.0970. The number of pyridine rings is 1. The molecule has 0 bridgehead atoms. The zero-order valence-electron chi connectivity index (χ0n) is 17.1. The van der Waals surface area contributed by atoms with E-state index in [2.05, 4.69) is 9.71 Å². The number of nitrogens with zero attached hydrogens (tertiary/aromatic N) is 2. The number of ether oxygens (including phenoxy) is 1. The lowest BCUT2D eigenvalue weighted by molar-refractivity contribution is -0.0508. The maximum atomic E-state index is 12.7. The number of rotatable bonds is 7. The first-order valence-corrected chi connectivity index (χ1v) is 12.5. The Labute approximate surface area is 196 Å². The number of aliphatic hydroxyl groups is 1. The van der Waals surface area contributed by atoms with Crippen molar-refractivity contribution in [3.63, 3.8) is 0 Å². The summed E-state index contributed by atoms with van der Waals surface area (Å²) in [6, 6.07) is 16.7. The number of sulfonamides is 1. The molecule has 1 aliphatic rings. The molecule has 0 amide bonds. The fraction of sp³-hybridized carbons (Fsp3) is 0.182. The van der Waals surface area contributed by atoms with Crippen LogP contribution in [0.15, 0.2) is 78.0 Å².